The van der Waals surface area contributed by atoms with Gasteiger partial charge in [0.25, 0.3) is 0 Å². The Balaban J connectivity index is 2.21. The number of carbonyl (C=O) groups is 2. The molecule has 0 saturated carbocycles. The summed E-state index contributed by atoms with van der Waals surface area (Å²) < 4.78 is 21.1. The quantitative estimate of drug-likeness (QED) is 0.293. The molecule has 0 spiro atoms. The van der Waals surface area contributed by atoms with Crippen LogP contribution in [0, 0.1) is 10.8 Å². The number of esters is 2. The van der Waals surface area contributed by atoms with E-state index >= 15 is 0 Å². The van der Waals surface area contributed by atoms with Crippen LogP contribution < -0.4 is 0 Å². The third kappa shape index (κ3) is 3.35. The van der Waals surface area contributed by atoms with E-state index in [1.807, 2.05) is 13.0 Å². The van der Waals surface area contributed by atoms with Gasteiger partial charge in [-0.2, -0.15) is 0 Å². The number of allylic oxidation sites excluding steroid dienone is 1. The maximum atomic E-state index is 12.7. The predicted molar refractivity (Wildman–Crippen MR) is 87.1 cm³/mol. The van der Waals surface area contributed by atoms with Gasteiger partial charge in [-0.1, -0.05) is 5.57 Å². The van der Waals surface area contributed by atoms with Crippen molar-refractivity contribution in [3.05, 3.63) is 11.6 Å². The van der Waals surface area contributed by atoms with Gasteiger partial charge in [-0.15, -0.1) is 0 Å². The minimum Gasteiger partial charge on any atom is -0.469 e. The summed E-state index contributed by atoms with van der Waals surface area (Å²) in [5, 5.41) is 0. The van der Waals surface area contributed by atoms with Crippen molar-refractivity contribution >= 4 is 11.9 Å². The average Bonchev–Trinajstić information content (AvgIpc) is 2.76. The Kier molecular flexibility index (Phi) is 6.04. The van der Waals surface area contributed by atoms with E-state index in [0.717, 1.165) is 12.8 Å². The van der Waals surface area contributed by atoms with E-state index in [4.69, 9.17) is 18.9 Å². The highest BCUT2D eigenvalue weighted by molar-refractivity contribution is 5.81. The molecule has 1 aliphatic heterocycles. The van der Waals surface area contributed by atoms with E-state index < -0.39 is 10.8 Å². The fourth-order valence-electron chi connectivity index (χ4n) is 3.91. The normalized spacial score (nSPS) is 32.1. The lowest BCUT2D eigenvalue weighted by Crippen LogP contribution is -2.49. The number of hydrogen-bond donors (Lipinski definition) is 0. The summed E-state index contributed by atoms with van der Waals surface area (Å²) in [5.41, 5.74) is 0.128. The maximum absolute atomic E-state index is 12.7. The average molecular weight is 340 g/mol. The van der Waals surface area contributed by atoms with Crippen LogP contribution in [0.4, 0.5) is 0 Å². The van der Waals surface area contributed by atoms with E-state index in [9.17, 15) is 9.59 Å². The first kappa shape index (κ1) is 18.9. The molecule has 1 fully saturated rings. The van der Waals surface area contributed by atoms with Gasteiger partial charge in [0.15, 0.2) is 0 Å². The summed E-state index contributed by atoms with van der Waals surface area (Å²) in [4.78, 5) is 24.1. The predicted octanol–water partition coefficient (Wildman–Crippen LogP) is 2.61. The van der Waals surface area contributed by atoms with Crippen LogP contribution in [0.1, 0.15) is 46.0 Å². The number of carbonyl (C=O) groups excluding carboxylic acids is 2. The largest absolute Gasteiger partial charge is 0.469 e. The Morgan fingerprint density at radius 1 is 1.42 bits per heavy atom. The summed E-state index contributed by atoms with van der Waals surface area (Å²) in [5.74, 6) is -0.463. The highest BCUT2D eigenvalue weighted by Crippen LogP contribution is 2.58. The Hall–Kier alpha value is -1.40. The second kappa shape index (κ2) is 7.66. The summed E-state index contributed by atoms with van der Waals surface area (Å²) in [6.45, 7) is 4.58. The molecule has 2 rings (SSSR count). The van der Waals surface area contributed by atoms with E-state index in [1.54, 1.807) is 7.11 Å². The second-order valence-corrected chi connectivity index (χ2v) is 7.01. The van der Waals surface area contributed by atoms with Crippen molar-refractivity contribution in [3.8, 4) is 0 Å². The highest BCUT2D eigenvalue weighted by Gasteiger charge is 2.64. The van der Waals surface area contributed by atoms with Crippen molar-refractivity contribution in [1.82, 2.24) is 0 Å². The summed E-state index contributed by atoms with van der Waals surface area (Å²) in [6.07, 6.45) is 4.95. The standard InChI is InChI=1S/C18H28O6/c1-13-7-9-18(11-23-12-21-3)14(10-13)24-16(20)17(18,2)8-5-6-15(19)22-4/h10,14H,5-9,11-12H2,1-4H3/t14-,17+,18-/m1/s1. The molecule has 1 saturated heterocycles. The molecule has 0 amide bonds. The molecule has 0 aromatic carbocycles. The molecule has 0 aromatic rings. The van der Waals surface area contributed by atoms with Crippen LogP contribution in [0.3, 0.4) is 0 Å². The van der Waals surface area contributed by atoms with Gasteiger partial charge in [0, 0.05) is 13.5 Å². The first-order valence-electron chi connectivity index (χ1n) is 8.41. The second-order valence-electron chi connectivity index (χ2n) is 7.01. The molecule has 136 valence electrons. The molecule has 0 unspecified atom stereocenters. The van der Waals surface area contributed by atoms with Gasteiger partial charge in [-0.3, -0.25) is 9.59 Å². The van der Waals surface area contributed by atoms with Gasteiger partial charge in [-0.25, -0.2) is 0 Å². The zero-order valence-corrected chi connectivity index (χ0v) is 15.1. The van der Waals surface area contributed by atoms with Crippen LogP contribution in [0.2, 0.25) is 0 Å². The monoisotopic (exact) mass is 340 g/mol. The highest BCUT2D eigenvalue weighted by atomic mass is 16.7. The topological polar surface area (TPSA) is 71.1 Å². The van der Waals surface area contributed by atoms with Crippen LogP contribution in [-0.4, -0.2) is 45.7 Å². The molecule has 24 heavy (non-hydrogen) atoms. The first-order chi connectivity index (χ1) is 11.4. The van der Waals surface area contributed by atoms with E-state index in [1.165, 1.54) is 12.7 Å². The molecule has 3 atom stereocenters. The first-order valence-corrected chi connectivity index (χ1v) is 8.41. The number of rotatable bonds is 8. The zero-order chi connectivity index (χ0) is 17.8. The number of methoxy groups -OCH3 is 2. The van der Waals surface area contributed by atoms with Gasteiger partial charge in [-0.05, 0) is 45.6 Å². The van der Waals surface area contributed by atoms with Crippen molar-refractivity contribution in [2.24, 2.45) is 10.8 Å². The van der Waals surface area contributed by atoms with Gasteiger partial charge in [0.2, 0.25) is 0 Å². The number of hydrogen-bond acceptors (Lipinski definition) is 6. The number of fused-ring (bicyclic) bond motifs is 1. The Morgan fingerprint density at radius 3 is 2.83 bits per heavy atom. The van der Waals surface area contributed by atoms with Crippen molar-refractivity contribution in [2.45, 2.75) is 52.1 Å². The van der Waals surface area contributed by atoms with Crippen LogP contribution >= 0.6 is 0 Å². The van der Waals surface area contributed by atoms with Crippen molar-refractivity contribution < 1.29 is 28.5 Å². The molecule has 0 radical (unpaired) electrons. The zero-order valence-electron chi connectivity index (χ0n) is 15.1. The lowest BCUT2D eigenvalue weighted by Gasteiger charge is -2.44. The van der Waals surface area contributed by atoms with Gasteiger partial charge >= 0.3 is 11.9 Å². The molecule has 6 nitrogen and oxygen atoms in total. The molecule has 0 aromatic heterocycles. The summed E-state index contributed by atoms with van der Waals surface area (Å²) in [6, 6.07) is 0. The Morgan fingerprint density at radius 2 is 2.17 bits per heavy atom. The molecular weight excluding hydrogens is 312 g/mol. The van der Waals surface area contributed by atoms with Crippen molar-refractivity contribution in [3.63, 3.8) is 0 Å². The van der Waals surface area contributed by atoms with Crippen LogP contribution in [-0.2, 0) is 28.5 Å². The van der Waals surface area contributed by atoms with Gasteiger partial charge in [0.05, 0.1) is 24.5 Å². The van der Waals surface area contributed by atoms with E-state index in [-0.39, 0.29) is 24.8 Å². The third-order valence-corrected chi connectivity index (χ3v) is 5.58. The van der Waals surface area contributed by atoms with Gasteiger partial charge in [0.1, 0.15) is 12.9 Å². The Bertz CT molecular complexity index is 514. The molecule has 1 heterocycles. The van der Waals surface area contributed by atoms with Crippen LogP contribution in [0.15, 0.2) is 11.6 Å². The van der Waals surface area contributed by atoms with Gasteiger partial charge < -0.3 is 18.9 Å². The lowest BCUT2D eigenvalue weighted by atomic mass is 9.57. The minimum absolute atomic E-state index is 0.184. The minimum atomic E-state index is -0.684. The maximum Gasteiger partial charge on any atom is 0.313 e. The summed E-state index contributed by atoms with van der Waals surface area (Å²) in [7, 11) is 2.95. The fraction of sp³-hybridized carbons (Fsp3) is 0.778. The molecular formula is C18H28O6. The van der Waals surface area contributed by atoms with E-state index in [2.05, 4.69) is 6.92 Å². The molecule has 0 bridgehead atoms. The molecule has 6 heteroatoms. The van der Waals surface area contributed by atoms with Crippen LogP contribution in [0.25, 0.3) is 0 Å². The molecule has 2 aliphatic rings. The van der Waals surface area contributed by atoms with Crippen molar-refractivity contribution in [1.29, 1.82) is 0 Å². The Labute approximate surface area is 143 Å². The van der Waals surface area contributed by atoms with Crippen LogP contribution in [0.5, 0.6) is 0 Å². The summed E-state index contributed by atoms with van der Waals surface area (Å²) >= 11 is 0. The fourth-order valence-corrected chi connectivity index (χ4v) is 3.91. The third-order valence-electron chi connectivity index (χ3n) is 5.58. The van der Waals surface area contributed by atoms with Crippen molar-refractivity contribution in [2.75, 3.05) is 27.6 Å². The SMILES string of the molecule is COCOC[C@]12CCC(C)=C[C@H]1OC(=O)[C@]2(C)CCCC(=O)OC. The molecule has 1 aliphatic carbocycles. The van der Waals surface area contributed by atoms with E-state index in [0.29, 0.717) is 25.9 Å². The smallest absolute Gasteiger partial charge is 0.313 e. The number of ether oxygens (including phenoxy) is 4. The molecule has 0 N–H and O–H groups in total. The lowest BCUT2D eigenvalue weighted by molar-refractivity contribution is -0.149.